The predicted octanol–water partition coefficient (Wildman–Crippen LogP) is 3.51. The lowest BCUT2D eigenvalue weighted by Crippen LogP contribution is -2.34. The number of carbonyl (C=O) groups is 1. The Morgan fingerprint density at radius 3 is 2.62 bits per heavy atom. The van der Waals surface area contributed by atoms with E-state index in [0.717, 1.165) is 25.3 Å². The monoisotopic (exact) mass is 225 g/mol. The molecule has 1 aliphatic carbocycles. The molecular formula is C14H27NO. The van der Waals surface area contributed by atoms with E-state index in [0.29, 0.717) is 0 Å². The fraction of sp³-hybridized carbons (Fsp3) is 0.929. The molecule has 0 aromatic carbocycles. The average Bonchev–Trinajstić information content (AvgIpc) is 2.34. The van der Waals surface area contributed by atoms with Gasteiger partial charge < -0.3 is 5.32 Å². The van der Waals surface area contributed by atoms with Gasteiger partial charge in [0.1, 0.15) is 0 Å². The van der Waals surface area contributed by atoms with Gasteiger partial charge in [-0.2, -0.15) is 0 Å². The molecule has 0 aromatic rings. The van der Waals surface area contributed by atoms with E-state index in [1.165, 1.54) is 38.5 Å². The number of hydrogen-bond donors (Lipinski definition) is 1. The first-order chi connectivity index (χ1) is 7.74. The molecule has 0 saturated heterocycles. The van der Waals surface area contributed by atoms with Crippen LogP contribution in [0.3, 0.4) is 0 Å². The van der Waals surface area contributed by atoms with Crippen LogP contribution in [0.1, 0.15) is 65.2 Å². The first-order valence-electron chi connectivity index (χ1n) is 7.01. The Labute approximate surface area is 100 Å². The molecule has 1 N–H and O–H groups in total. The van der Waals surface area contributed by atoms with E-state index in [1.54, 1.807) is 0 Å². The number of amides is 1. The molecule has 1 fully saturated rings. The van der Waals surface area contributed by atoms with Crippen molar-refractivity contribution < 1.29 is 4.79 Å². The highest BCUT2D eigenvalue weighted by Gasteiger charge is 2.16. The molecule has 0 aromatic heterocycles. The second-order valence-corrected chi connectivity index (χ2v) is 5.29. The molecule has 1 rings (SSSR count). The third-order valence-corrected chi connectivity index (χ3v) is 3.73. The highest BCUT2D eigenvalue weighted by atomic mass is 16.1. The second kappa shape index (κ2) is 7.70. The van der Waals surface area contributed by atoms with Crippen molar-refractivity contribution in [1.82, 2.24) is 5.32 Å². The third-order valence-electron chi connectivity index (χ3n) is 3.73. The van der Waals surface area contributed by atoms with Crippen LogP contribution in [-0.2, 0) is 4.79 Å². The zero-order valence-corrected chi connectivity index (χ0v) is 10.9. The van der Waals surface area contributed by atoms with E-state index in [-0.39, 0.29) is 11.8 Å². The van der Waals surface area contributed by atoms with E-state index in [1.807, 2.05) is 6.92 Å². The van der Waals surface area contributed by atoms with Crippen molar-refractivity contribution in [3.63, 3.8) is 0 Å². The van der Waals surface area contributed by atoms with Gasteiger partial charge in [0.05, 0.1) is 0 Å². The molecule has 0 heterocycles. The lowest BCUT2D eigenvalue weighted by molar-refractivity contribution is -0.124. The van der Waals surface area contributed by atoms with Crippen LogP contribution >= 0.6 is 0 Å². The lowest BCUT2D eigenvalue weighted by atomic mass is 9.89. The quantitative estimate of drug-likeness (QED) is 0.736. The van der Waals surface area contributed by atoms with Gasteiger partial charge in [-0.1, -0.05) is 46.0 Å². The first-order valence-corrected chi connectivity index (χ1v) is 7.01. The maximum absolute atomic E-state index is 11.8. The topological polar surface area (TPSA) is 29.1 Å². The predicted molar refractivity (Wildman–Crippen MR) is 68.3 cm³/mol. The molecular weight excluding hydrogens is 198 g/mol. The van der Waals surface area contributed by atoms with E-state index < -0.39 is 0 Å². The molecule has 1 aliphatic rings. The Hall–Kier alpha value is -0.530. The highest BCUT2D eigenvalue weighted by Crippen LogP contribution is 2.22. The van der Waals surface area contributed by atoms with Crippen molar-refractivity contribution >= 4 is 5.91 Å². The Bertz CT molecular complexity index is 197. The van der Waals surface area contributed by atoms with E-state index in [2.05, 4.69) is 12.2 Å². The molecule has 0 aliphatic heterocycles. The molecule has 1 amide bonds. The van der Waals surface area contributed by atoms with Crippen LogP contribution in [0, 0.1) is 11.8 Å². The molecule has 16 heavy (non-hydrogen) atoms. The zero-order valence-electron chi connectivity index (χ0n) is 10.9. The SMILES string of the molecule is CCCCC(C)C(=O)NCC1CCCCC1. The van der Waals surface area contributed by atoms with Gasteiger partial charge in [0.25, 0.3) is 0 Å². The fourth-order valence-corrected chi connectivity index (χ4v) is 2.45. The van der Waals surface area contributed by atoms with Crippen LogP contribution in [0.2, 0.25) is 0 Å². The van der Waals surface area contributed by atoms with Crippen molar-refractivity contribution in [2.75, 3.05) is 6.54 Å². The molecule has 0 spiro atoms. The smallest absolute Gasteiger partial charge is 0.222 e. The summed E-state index contributed by atoms with van der Waals surface area (Å²) in [7, 11) is 0. The fourth-order valence-electron chi connectivity index (χ4n) is 2.45. The van der Waals surface area contributed by atoms with Crippen LogP contribution in [0.25, 0.3) is 0 Å². The standard InChI is InChI=1S/C14H27NO/c1-3-4-8-12(2)14(16)15-11-13-9-6-5-7-10-13/h12-13H,3-11H2,1-2H3,(H,15,16). The number of unbranched alkanes of at least 4 members (excludes halogenated alkanes) is 1. The van der Waals surface area contributed by atoms with Crippen molar-refractivity contribution in [2.24, 2.45) is 11.8 Å². The van der Waals surface area contributed by atoms with Crippen molar-refractivity contribution in [3.8, 4) is 0 Å². The summed E-state index contributed by atoms with van der Waals surface area (Å²) < 4.78 is 0. The summed E-state index contributed by atoms with van der Waals surface area (Å²) in [6, 6.07) is 0. The Morgan fingerprint density at radius 1 is 1.31 bits per heavy atom. The minimum atomic E-state index is 0.198. The largest absolute Gasteiger partial charge is 0.356 e. The second-order valence-electron chi connectivity index (χ2n) is 5.29. The Morgan fingerprint density at radius 2 is 2.00 bits per heavy atom. The summed E-state index contributed by atoms with van der Waals surface area (Å²) in [5, 5.41) is 3.12. The van der Waals surface area contributed by atoms with E-state index in [9.17, 15) is 4.79 Å². The molecule has 94 valence electrons. The molecule has 1 saturated carbocycles. The molecule has 1 atom stereocenters. The van der Waals surface area contributed by atoms with Gasteiger partial charge in [-0.05, 0) is 25.2 Å². The minimum Gasteiger partial charge on any atom is -0.356 e. The van der Waals surface area contributed by atoms with Crippen LogP contribution in [-0.4, -0.2) is 12.5 Å². The minimum absolute atomic E-state index is 0.198. The molecule has 0 bridgehead atoms. The first kappa shape index (κ1) is 13.5. The van der Waals surface area contributed by atoms with E-state index >= 15 is 0 Å². The van der Waals surface area contributed by atoms with Gasteiger partial charge in [-0.15, -0.1) is 0 Å². The Kier molecular flexibility index (Phi) is 6.51. The number of hydrogen-bond acceptors (Lipinski definition) is 1. The lowest BCUT2D eigenvalue weighted by Gasteiger charge is -2.22. The summed E-state index contributed by atoms with van der Waals surface area (Å²) in [6.45, 7) is 5.13. The zero-order chi connectivity index (χ0) is 11.8. The summed E-state index contributed by atoms with van der Waals surface area (Å²) in [4.78, 5) is 11.8. The van der Waals surface area contributed by atoms with Crippen LogP contribution < -0.4 is 5.32 Å². The number of rotatable bonds is 6. The summed E-state index contributed by atoms with van der Waals surface area (Å²) in [5.74, 6) is 1.21. The number of carbonyl (C=O) groups excluding carboxylic acids is 1. The molecule has 0 radical (unpaired) electrons. The van der Waals surface area contributed by atoms with Crippen molar-refractivity contribution in [2.45, 2.75) is 65.2 Å². The van der Waals surface area contributed by atoms with Gasteiger partial charge in [-0.25, -0.2) is 0 Å². The van der Waals surface area contributed by atoms with Crippen molar-refractivity contribution in [1.29, 1.82) is 0 Å². The van der Waals surface area contributed by atoms with Gasteiger partial charge in [0.2, 0.25) is 5.91 Å². The van der Waals surface area contributed by atoms with Gasteiger partial charge in [0, 0.05) is 12.5 Å². The van der Waals surface area contributed by atoms with Gasteiger partial charge in [0.15, 0.2) is 0 Å². The van der Waals surface area contributed by atoms with Gasteiger partial charge >= 0.3 is 0 Å². The third kappa shape index (κ3) is 5.00. The van der Waals surface area contributed by atoms with Crippen molar-refractivity contribution in [3.05, 3.63) is 0 Å². The number of nitrogens with one attached hydrogen (secondary N) is 1. The maximum Gasteiger partial charge on any atom is 0.222 e. The van der Waals surface area contributed by atoms with Crippen LogP contribution in [0.4, 0.5) is 0 Å². The summed E-state index contributed by atoms with van der Waals surface area (Å²) in [6.07, 6.45) is 10.1. The Balaban J connectivity index is 2.12. The van der Waals surface area contributed by atoms with Crippen LogP contribution in [0.15, 0.2) is 0 Å². The molecule has 2 nitrogen and oxygen atoms in total. The average molecular weight is 225 g/mol. The normalized spacial score (nSPS) is 19.4. The summed E-state index contributed by atoms with van der Waals surface area (Å²) >= 11 is 0. The highest BCUT2D eigenvalue weighted by molar-refractivity contribution is 5.78. The molecule has 1 unspecified atom stereocenters. The summed E-state index contributed by atoms with van der Waals surface area (Å²) in [5.41, 5.74) is 0. The maximum atomic E-state index is 11.8. The van der Waals surface area contributed by atoms with Crippen LogP contribution in [0.5, 0.6) is 0 Å². The molecule has 2 heteroatoms. The van der Waals surface area contributed by atoms with Gasteiger partial charge in [-0.3, -0.25) is 4.79 Å². The van der Waals surface area contributed by atoms with E-state index in [4.69, 9.17) is 0 Å².